The summed E-state index contributed by atoms with van der Waals surface area (Å²) in [6.07, 6.45) is 5.21. The molecule has 0 atom stereocenters. The van der Waals surface area contributed by atoms with Crippen molar-refractivity contribution in [3.05, 3.63) is 42.9 Å². The monoisotopic (exact) mass is 211 g/mol. The van der Waals surface area contributed by atoms with Crippen LogP contribution >= 0.6 is 0 Å². The Bertz CT molecular complexity index is 643. The van der Waals surface area contributed by atoms with E-state index in [1.54, 1.807) is 12.4 Å². The van der Waals surface area contributed by atoms with Gasteiger partial charge in [-0.1, -0.05) is 6.07 Å². The summed E-state index contributed by atoms with van der Waals surface area (Å²) in [6, 6.07) is 7.58. The molecule has 0 aromatic carbocycles. The summed E-state index contributed by atoms with van der Waals surface area (Å²) in [5.74, 6) is 0.732. The van der Waals surface area contributed by atoms with Gasteiger partial charge in [-0.2, -0.15) is 0 Å². The van der Waals surface area contributed by atoms with Gasteiger partial charge in [-0.15, -0.1) is 10.2 Å². The number of rotatable bonds is 1. The summed E-state index contributed by atoms with van der Waals surface area (Å²) in [5.41, 5.74) is 8.10. The molecule has 0 aliphatic heterocycles. The number of nitrogens with two attached hydrogens (primary N) is 1. The van der Waals surface area contributed by atoms with Crippen molar-refractivity contribution >= 4 is 11.3 Å². The third kappa shape index (κ3) is 1.22. The van der Waals surface area contributed by atoms with Gasteiger partial charge in [-0.3, -0.25) is 9.38 Å². The van der Waals surface area contributed by atoms with Crippen molar-refractivity contribution < 1.29 is 0 Å². The van der Waals surface area contributed by atoms with Crippen molar-refractivity contribution in [3.63, 3.8) is 0 Å². The van der Waals surface area contributed by atoms with E-state index in [0.717, 1.165) is 17.0 Å². The number of nitrogen functional groups attached to an aromatic ring is 1. The van der Waals surface area contributed by atoms with Crippen LogP contribution in [0.2, 0.25) is 0 Å². The molecule has 3 aromatic heterocycles. The Morgan fingerprint density at radius 1 is 1.12 bits per heavy atom. The van der Waals surface area contributed by atoms with Gasteiger partial charge >= 0.3 is 0 Å². The van der Waals surface area contributed by atoms with Crippen molar-refractivity contribution in [3.8, 4) is 11.4 Å². The van der Waals surface area contributed by atoms with Gasteiger partial charge < -0.3 is 5.73 Å². The average molecular weight is 211 g/mol. The zero-order valence-electron chi connectivity index (χ0n) is 8.41. The summed E-state index contributed by atoms with van der Waals surface area (Å²) in [5, 5.41) is 8.20. The second kappa shape index (κ2) is 3.30. The Morgan fingerprint density at radius 3 is 2.94 bits per heavy atom. The fraction of sp³-hybridized carbons (Fsp3) is 0. The number of anilines is 1. The van der Waals surface area contributed by atoms with Crippen LogP contribution in [0.5, 0.6) is 0 Å². The molecule has 3 rings (SSSR count). The van der Waals surface area contributed by atoms with Crippen LogP contribution in [0, 0.1) is 0 Å². The van der Waals surface area contributed by atoms with E-state index >= 15 is 0 Å². The fourth-order valence-electron chi connectivity index (χ4n) is 1.64. The van der Waals surface area contributed by atoms with Gasteiger partial charge in [0.05, 0.1) is 11.9 Å². The first-order chi connectivity index (χ1) is 7.86. The largest absolute Gasteiger partial charge is 0.397 e. The summed E-state index contributed by atoms with van der Waals surface area (Å²) in [4.78, 5) is 3.95. The number of aromatic nitrogens is 4. The highest BCUT2D eigenvalue weighted by Crippen LogP contribution is 2.22. The third-order valence-electron chi connectivity index (χ3n) is 2.41. The predicted octanol–water partition coefficient (Wildman–Crippen LogP) is 1.37. The molecular formula is C11H9N5. The van der Waals surface area contributed by atoms with Crippen LogP contribution in [0.25, 0.3) is 17.0 Å². The SMILES string of the molecule is Nc1cnccc1-c1nnc2ccccn12. The average Bonchev–Trinajstić information content (AvgIpc) is 2.74. The molecule has 16 heavy (non-hydrogen) atoms. The number of hydrogen-bond donors (Lipinski definition) is 1. The summed E-state index contributed by atoms with van der Waals surface area (Å²) < 4.78 is 1.89. The van der Waals surface area contributed by atoms with Crippen molar-refractivity contribution in [2.45, 2.75) is 0 Å². The van der Waals surface area contributed by atoms with Crippen molar-refractivity contribution in [2.75, 3.05) is 5.73 Å². The summed E-state index contributed by atoms with van der Waals surface area (Å²) in [7, 11) is 0. The van der Waals surface area contributed by atoms with Crippen molar-refractivity contribution in [2.24, 2.45) is 0 Å². The molecule has 0 bridgehead atoms. The maximum atomic E-state index is 5.86. The van der Waals surface area contributed by atoms with E-state index in [-0.39, 0.29) is 0 Å². The van der Waals surface area contributed by atoms with E-state index < -0.39 is 0 Å². The van der Waals surface area contributed by atoms with E-state index in [4.69, 9.17) is 5.73 Å². The van der Waals surface area contributed by atoms with E-state index in [1.807, 2.05) is 34.9 Å². The Balaban J connectivity index is 2.31. The Kier molecular flexibility index (Phi) is 1.83. The van der Waals surface area contributed by atoms with Crippen molar-refractivity contribution in [1.82, 2.24) is 19.6 Å². The summed E-state index contributed by atoms with van der Waals surface area (Å²) in [6.45, 7) is 0. The Labute approximate surface area is 91.6 Å². The molecule has 5 heteroatoms. The Morgan fingerprint density at radius 2 is 2.06 bits per heavy atom. The lowest BCUT2D eigenvalue weighted by Crippen LogP contribution is -1.94. The van der Waals surface area contributed by atoms with E-state index in [1.165, 1.54) is 0 Å². The lowest BCUT2D eigenvalue weighted by Gasteiger charge is -2.02. The highest BCUT2D eigenvalue weighted by molar-refractivity contribution is 5.71. The van der Waals surface area contributed by atoms with Gasteiger partial charge in [0.2, 0.25) is 0 Å². The first kappa shape index (κ1) is 8.84. The number of pyridine rings is 2. The first-order valence-corrected chi connectivity index (χ1v) is 4.86. The molecule has 3 aromatic rings. The fourth-order valence-corrected chi connectivity index (χ4v) is 1.64. The molecule has 78 valence electrons. The normalized spacial score (nSPS) is 10.8. The molecule has 2 N–H and O–H groups in total. The molecular weight excluding hydrogens is 202 g/mol. The molecule has 0 saturated heterocycles. The summed E-state index contributed by atoms with van der Waals surface area (Å²) >= 11 is 0. The van der Waals surface area contributed by atoms with Gasteiger partial charge in [-0.25, -0.2) is 0 Å². The van der Waals surface area contributed by atoms with Gasteiger partial charge in [0.15, 0.2) is 11.5 Å². The van der Waals surface area contributed by atoms with Gasteiger partial charge in [0.25, 0.3) is 0 Å². The second-order valence-corrected chi connectivity index (χ2v) is 3.42. The standard InChI is InChI=1S/C11H9N5/c12-9-7-13-5-4-8(9)11-15-14-10-3-1-2-6-16(10)11/h1-7H,12H2. The quantitative estimate of drug-likeness (QED) is 0.660. The molecule has 0 fully saturated rings. The smallest absolute Gasteiger partial charge is 0.170 e. The molecule has 0 aliphatic rings. The lowest BCUT2D eigenvalue weighted by atomic mass is 10.2. The highest BCUT2D eigenvalue weighted by atomic mass is 15.2. The maximum absolute atomic E-state index is 5.86. The van der Waals surface area contributed by atoms with Crippen LogP contribution in [-0.2, 0) is 0 Å². The maximum Gasteiger partial charge on any atom is 0.170 e. The van der Waals surface area contributed by atoms with E-state index in [9.17, 15) is 0 Å². The molecule has 0 radical (unpaired) electrons. The second-order valence-electron chi connectivity index (χ2n) is 3.42. The minimum Gasteiger partial charge on any atom is -0.397 e. The molecule has 0 aliphatic carbocycles. The molecule has 0 unspecified atom stereocenters. The lowest BCUT2D eigenvalue weighted by molar-refractivity contribution is 1.11. The van der Waals surface area contributed by atoms with E-state index in [2.05, 4.69) is 15.2 Å². The minimum atomic E-state index is 0.598. The number of nitrogens with zero attached hydrogens (tertiary/aromatic N) is 4. The van der Waals surface area contributed by atoms with Gasteiger partial charge in [0, 0.05) is 18.0 Å². The highest BCUT2D eigenvalue weighted by Gasteiger charge is 2.09. The van der Waals surface area contributed by atoms with Crippen LogP contribution in [0.4, 0.5) is 5.69 Å². The van der Waals surface area contributed by atoms with Crippen LogP contribution < -0.4 is 5.73 Å². The van der Waals surface area contributed by atoms with Crippen LogP contribution in [0.3, 0.4) is 0 Å². The predicted molar refractivity (Wildman–Crippen MR) is 60.6 cm³/mol. The van der Waals surface area contributed by atoms with Crippen LogP contribution in [-0.4, -0.2) is 19.6 Å². The zero-order valence-corrected chi connectivity index (χ0v) is 8.41. The van der Waals surface area contributed by atoms with E-state index in [0.29, 0.717) is 5.69 Å². The topological polar surface area (TPSA) is 69.1 Å². The van der Waals surface area contributed by atoms with Crippen LogP contribution in [0.15, 0.2) is 42.9 Å². The molecule has 5 nitrogen and oxygen atoms in total. The van der Waals surface area contributed by atoms with Crippen molar-refractivity contribution in [1.29, 1.82) is 0 Å². The first-order valence-electron chi connectivity index (χ1n) is 4.86. The zero-order chi connectivity index (χ0) is 11.0. The van der Waals surface area contributed by atoms with Gasteiger partial charge in [0.1, 0.15) is 0 Å². The molecule has 0 spiro atoms. The molecule has 0 saturated carbocycles. The molecule has 0 amide bonds. The number of fused-ring (bicyclic) bond motifs is 1. The van der Waals surface area contributed by atoms with Crippen LogP contribution in [0.1, 0.15) is 0 Å². The number of hydrogen-bond acceptors (Lipinski definition) is 4. The van der Waals surface area contributed by atoms with Gasteiger partial charge in [-0.05, 0) is 18.2 Å². The third-order valence-corrected chi connectivity index (χ3v) is 2.41. The molecule has 3 heterocycles. The Hall–Kier alpha value is -2.43. The minimum absolute atomic E-state index is 0.598.